The molecule has 1 aromatic heterocycles. The Labute approximate surface area is 167 Å². The maximum absolute atomic E-state index is 12.4. The van der Waals surface area contributed by atoms with Gasteiger partial charge in [-0.3, -0.25) is 9.59 Å². The van der Waals surface area contributed by atoms with Crippen molar-refractivity contribution in [2.45, 2.75) is 19.2 Å². The van der Waals surface area contributed by atoms with Crippen molar-refractivity contribution in [2.75, 3.05) is 10.6 Å². The Bertz CT molecular complexity index is 984. The molecule has 0 spiro atoms. The van der Waals surface area contributed by atoms with E-state index in [0.717, 1.165) is 23.1 Å². The van der Waals surface area contributed by atoms with Crippen LogP contribution in [0.3, 0.4) is 0 Å². The van der Waals surface area contributed by atoms with Crippen molar-refractivity contribution < 1.29 is 27.5 Å². The van der Waals surface area contributed by atoms with Gasteiger partial charge in [0, 0.05) is 17.7 Å². The number of thiazole rings is 1. The quantitative estimate of drug-likeness (QED) is 0.648. The van der Waals surface area contributed by atoms with Gasteiger partial charge in [-0.15, -0.1) is 13.2 Å². The van der Waals surface area contributed by atoms with Gasteiger partial charge < -0.3 is 21.1 Å². The fourth-order valence-corrected chi connectivity index (χ4v) is 3.38. The Balaban J connectivity index is 1.74. The van der Waals surface area contributed by atoms with E-state index >= 15 is 0 Å². The zero-order chi connectivity index (χ0) is 21.0. The normalized spacial score (nSPS) is 13.9. The fourth-order valence-electron chi connectivity index (χ4n) is 2.49. The van der Waals surface area contributed by atoms with Gasteiger partial charge in [0.25, 0.3) is 11.8 Å². The number of aromatic nitrogens is 1. The topological polar surface area (TPSA) is 106 Å². The molecule has 7 nitrogen and oxygen atoms in total. The number of alkyl halides is 3. The van der Waals surface area contributed by atoms with E-state index in [1.165, 1.54) is 6.08 Å². The average Bonchev–Trinajstić information content (AvgIpc) is 3.04. The molecule has 0 saturated heterocycles. The van der Waals surface area contributed by atoms with Gasteiger partial charge in [0.2, 0.25) is 0 Å². The lowest BCUT2D eigenvalue weighted by molar-refractivity contribution is -0.306. The number of ether oxygens (including phenoxy) is 1. The number of nitrogens with two attached hydrogens (primary N) is 1. The van der Waals surface area contributed by atoms with E-state index < -0.39 is 18.2 Å². The molecule has 0 fully saturated rings. The molecule has 0 saturated carbocycles. The number of amides is 2. The Kier molecular flexibility index (Phi) is 5.87. The van der Waals surface area contributed by atoms with Crippen molar-refractivity contribution in [3.8, 4) is 0 Å². The molecule has 1 heterocycles. The average molecular weight is 424 g/mol. The highest BCUT2D eigenvalue weighted by molar-refractivity contribution is 7.20. The number of hydrogen-bond acceptors (Lipinski definition) is 6. The van der Waals surface area contributed by atoms with E-state index in [4.69, 9.17) is 5.73 Å². The molecule has 1 aliphatic rings. The molecule has 3 rings (SSSR count). The fraction of sp³-hybridized carbons (Fsp3) is 0.167. The molecule has 2 aromatic rings. The van der Waals surface area contributed by atoms with E-state index in [0.29, 0.717) is 5.13 Å². The van der Waals surface area contributed by atoms with Crippen LogP contribution in [0.4, 0.5) is 29.0 Å². The first-order valence-corrected chi connectivity index (χ1v) is 9.12. The van der Waals surface area contributed by atoms with Crippen molar-refractivity contribution in [3.05, 3.63) is 59.5 Å². The lowest BCUT2D eigenvalue weighted by Gasteiger charge is -2.16. The number of hydrogen-bond donors (Lipinski definition) is 3. The minimum atomic E-state index is -4.78. The Morgan fingerprint density at radius 3 is 2.45 bits per heavy atom. The van der Waals surface area contributed by atoms with E-state index in [9.17, 15) is 22.8 Å². The SMILES string of the molecule is NC(=O)c1nc(Nc2ccccc2)sc1NC(=O)C1=CC=C(OC(F)(F)F)CC1. The van der Waals surface area contributed by atoms with E-state index in [-0.39, 0.29) is 34.9 Å². The van der Waals surface area contributed by atoms with Crippen LogP contribution in [-0.4, -0.2) is 23.2 Å². The van der Waals surface area contributed by atoms with Gasteiger partial charge in [-0.1, -0.05) is 35.6 Å². The van der Waals surface area contributed by atoms with Crippen molar-refractivity contribution >= 4 is 39.0 Å². The summed E-state index contributed by atoms with van der Waals surface area (Å²) in [5.41, 5.74) is 6.18. The summed E-state index contributed by atoms with van der Waals surface area (Å²) in [6.07, 6.45) is -2.47. The van der Waals surface area contributed by atoms with Gasteiger partial charge in [0.1, 0.15) is 10.8 Å². The van der Waals surface area contributed by atoms with Crippen LogP contribution in [0.2, 0.25) is 0 Å². The summed E-state index contributed by atoms with van der Waals surface area (Å²) in [6, 6.07) is 9.05. The van der Waals surface area contributed by atoms with Crippen molar-refractivity contribution in [3.63, 3.8) is 0 Å². The summed E-state index contributed by atoms with van der Waals surface area (Å²) in [7, 11) is 0. The Hall–Kier alpha value is -3.34. The Morgan fingerprint density at radius 2 is 1.86 bits per heavy atom. The van der Waals surface area contributed by atoms with Crippen LogP contribution in [0.5, 0.6) is 0 Å². The van der Waals surface area contributed by atoms with Crippen LogP contribution in [0.25, 0.3) is 0 Å². The highest BCUT2D eigenvalue weighted by atomic mass is 32.1. The van der Waals surface area contributed by atoms with Crippen LogP contribution in [0, 0.1) is 0 Å². The number of para-hydroxylation sites is 1. The zero-order valence-electron chi connectivity index (χ0n) is 14.7. The van der Waals surface area contributed by atoms with Crippen LogP contribution in [-0.2, 0) is 9.53 Å². The number of nitrogens with one attached hydrogen (secondary N) is 2. The number of carbonyl (C=O) groups excluding carboxylic acids is 2. The Morgan fingerprint density at radius 1 is 1.14 bits per heavy atom. The molecule has 2 amide bonds. The number of allylic oxidation sites excluding steroid dienone is 3. The zero-order valence-corrected chi connectivity index (χ0v) is 15.6. The van der Waals surface area contributed by atoms with Gasteiger partial charge in [0.15, 0.2) is 10.8 Å². The lowest BCUT2D eigenvalue weighted by atomic mass is 10.0. The summed E-state index contributed by atoms with van der Waals surface area (Å²) in [5, 5.41) is 6.04. The summed E-state index contributed by atoms with van der Waals surface area (Å²) in [4.78, 5) is 28.2. The van der Waals surface area contributed by atoms with E-state index in [1.807, 2.05) is 18.2 Å². The molecule has 0 aliphatic heterocycles. The van der Waals surface area contributed by atoms with E-state index in [2.05, 4.69) is 20.4 Å². The van der Waals surface area contributed by atoms with Crippen LogP contribution >= 0.6 is 11.3 Å². The molecule has 1 aliphatic carbocycles. The first kappa shape index (κ1) is 20.4. The summed E-state index contributed by atoms with van der Waals surface area (Å²) < 4.78 is 40.6. The van der Waals surface area contributed by atoms with Crippen molar-refractivity contribution in [2.24, 2.45) is 5.73 Å². The van der Waals surface area contributed by atoms with Crippen molar-refractivity contribution in [1.82, 2.24) is 4.98 Å². The van der Waals surface area contributed by atoms with Gasteiger partial charge in [0.05, 0.1) is 0 Å². The molecule has 0 atom stereocenters. The first-order chi connectivity index (χ1) is 13.7. The molecule has 152 valence electrons. The molecule has 4 N–H and O–H groups in total. The highest BCUT2D eigenvalue weighted by Crippen LogP contribution is 2.32. The smallest absolute Gasteiger partial charge is 0.410 e. The molecule has 29 heavy (non-hydrogen) atoms. The van der Waals surface area contributed by atoms with Crippen LogP contribution in [0.1, 0.15) is 23.3 Å². The number of benzene rings is 1. The molecular formula is C18H15F3N4O3S. The van der Waals surface area contributed by atoms with Crippen LogP contribution < -0.4 is 16.4 Å². The molecule has 11 heteroatoms. The minimum Gasteiger partial charge on any atom is -0.410 e. The minimum absolute atomic E-state index is 0.0492. The second-order valence-corrected chi connectivity index (χ2v) is 6.88. The second kappa shape index (κ2) is 8.35. The monoisotopic (exact) mass is 424 g/mol. The maximum Gasteiger partial charge on any atom is 0.572 e. The molecule has 0 radical (unpaired) electrons. The first-order valence-electron chi connectivity index (χ1n) is 8.31. The van der Waals surface area contributed by atoms with E-state index in [1.54, 1.807) is 12.1 Å². The van der Waals surface area contributed by atoms with Gasteiger partial charge in [-0.05, 0) is 24.6 Å². The number of rotatable bonds is 6. The predicted molar refractivity (Wildman–Crippen MR) is 102 cm³/mol. The third-order valence-corrected chi connectivity index (χ3v) is 4.65. The van der Waals surface area contributed by atoms with Gasteiger partial charge in [-0.2, -0.15) is 0 Å². The molecule has 1 aromatic carbocycles. The van der Waals surface area contributed by atoms with Gasteiger partial charge in [-0.25, -0.2) is 4.98 Å². The molecule has 0 unspecified atom stereocenters. The molecule has 0 bridgehead atoms. The maximum atomic E-state index is 12.4. The lowest BCUT2D eigenvalue weighted by Crippen LogP contribution is -2.20. The second-order valence-electron chi connectivity index (χ2n) is 5.88. The number of carbonyl (C=O) groups is 2. The number of halogens is 3. The third-order valence-electron chi connectivity index (χ3n) is 3.76. The number of primary amides is 1. The largest absolute Gasteiger partial charge is 0.572 e. The number of anilines is 3. The third kappa shape index (κ3) is 5.57. The summed E-state index contributed by atoms with van der Waals surface area (Å²) >= 11 is 1.01. The summed E-state index contributed by atoms with van der Waals surface area (Å²) in [5.74, 6) is -1.67. The summed E-state index contributed by atoms with van der Waals surface area (Å²) in [6.45, 7) is 0. The highest BCUT2D eigenvalue weighted by Gasteiger charge is 2.32. The van der Waals surface area contributed by atoms with Crippen molar-refractivity contribution in [1.29, 1.82) is 0 Å². The van der Waals surface area contributed by atoms with Gasteiger partial charge >= 0.3 is 6.36 Å². The van der Waals surface area contributed by atoms with Crippen LogP contribution in [0.15, 0.2) is 53.8 Å². The number of nitrogens with zero attached hydrogens (tertiary/aromatic N) is 1. The standard InChI is InChI=1S/C18H15F3N4O3S/c19-18(20,21)28-12-8-6-10(7-9-12)15(27)25-16-13(14(22)26)24-17(29-16)23-11-4-2-1-3-5-11/h1-6,8H,7,9H2,(H2,22,26)(H,23,24)(H,25,27). The predicted octanol–water partition coefficient (Wildman–Crippen LogP) is 4.06. The molecular weight excluding hydrogens is 409 g/mol.